The summed E-state index contributed by atoms with van der Waals surface area (Å²) >= 11 is 0. The lowest BCUT2D eigenvalue weighted by Crippen LogP contribution is -2.57. The van der Waals surface area contributed by atoms with Crippen molar-refractivity contribution in [2.45, 2.75) is 82.1 Å². The van der Waals surface area contributed by atoms with Gasteiger partial charge in [0.25, 0.3) is 5.91 Å². The highest BCUT2D eigenvalue weighted by atomic mass is 16.3. The van der Waals surface area contributed by atoms with E-state index < -0.39 is 24.1 Å². The van der Waals surface area contributed by atoms with Crippen molar-refractivity contribution in [1.29, 1.82) is 0 Å². The maximum absolute atomic E-state index is 13.8. The van der Waals surface area contributed by atoms with Crippen molar-refractivity contribution < 1.29 is 19.5 Å². The zero-order valence-corrected chi connectivity index (χ0v) is 22.2. The van der Waals surface area contributed by atoms with E-state index in [1.54, 1.807) is 16.8 Å². The van der Waals surface area contributed by atoms with Crippen LogP contribution in [0.1, 0.15) is 56.1 Å². The molecule has 1 heterocycles. The van der Waals surface area contributed by atoms with Crippen LogP contribution < -0.4 is 10.6 Å². The molecule has 204 valence electrons. The zero-order chi connectivity index (χ0) is 26.9. The molecule has 8 heteroatoms. The third kappa shape index (κ3) is 7.34. The minimum atomic E-state index is -1.29. The summed E-state index contributed by atoms with van der Waals surface area (Å²) in [5.41, 5.74) is 1.91. The Bertz CT molecular complexity index is 1060. The summed E-state index contributed by atoms with van der Waals surface area (Å²) in [7, 11) is 1.70. The monoisotopic (exact) mass is 520 g/mol. The number of urea groups is 1. The number of aliphatic hydroxyl groups is 1. The molecule has 2 aliphatic rings. The third-order valence-electron chi connectivity index (χ3n) is 7.65. The minimum absolute atomic E-state index is 0.0849. The molecule has 4 rings (SSSR count). The van der Waals surface area contributed by atoms with E-state index in [4.69, 9.17) is 0 Å². The summed E-state index contributed by atoms with van der Waals surface area (Å²) in [6.45, 7) is 0.851. The average Bonchev–Trinajstić information content (AvgIpc) is 3.43. The van der Waals surface area contributed by atoms with Crippen LogP contribution in [0.25, 0.3) is 0 Å². The SMILES string of the molecule is CN(Cc1ccccc1)C(=O)N[C@@H](Cc1ccccc1)C(=O)N1CCCC1C(O)C(=O)NC1CCCCC1. The van der Waals surface area contributed by atoms with Crippen LogP contribution in [0.4, 0.5) is 4.79 Å². The molecular formula is C30H40N4O4. The first-order valence-electron chi connectivity index (χ1n) is 13.8. The molecule has 0 spiro atoms. The number of carbonyl (C=O) groups excluding carboxylic acids is 3. The second-order valence-corrected chi connectivity index (χ2v) is 10.6. The Morgan fingerprint density at radius 3 is 2.21 bits per heavy atom. The van der Waals surface area contributed by atoms with Gasteiger partial charge in [0.1, 0.15) is 6.04 Å². The van der Waals surface area contributed by atoms with E-state index in [9.17, 15) is 19.5 Å². The summed E-state index contributed by atoms with van der Waals surface area (Å²) in [6.07, 6.45) is 5.45. The quantitative estimate of drug-likeness (QED) is 0.472. The Labute approximate surface area is 225 Å². The van der Waals surface area contributed by atoms with Crippen molar-refractivity contribution in [1.82, 2.24) is 20.4 Å². The number of aliphatic hydroxyl groups excluding tert-OH is 1. The van der Waals surface area contributed by atoms with Gasteiger partial charge < -0.3 is 25.5 Å². The number of carbonyl (C=O) groups is 3. The number of hydrogen-bond donors (Lipinski definition) is 3. The van der Waals surface area contributed by atoms with E-state index in [1.165, 1.54) is 6.42 Å². The molecule has 8 nitrogen and oxygen atoms in total. The lowest BCUT2D eigenvalue weighted by Gasteiger charge is -2.33. The fourth-order valence-electron chi connectivity index (χ4n) is 5.54. The summed E-state index contributed by atoms with van der Waals surface area (Å²) in [4.78, 5) is 43.0. The van der Waals surface area contributed by atoms with Gasteiger partial charge in [-0.1, -0.05) is 79.9 Å². The van der Waals surface area contributed by atoms with Gasteiger partial charge in [-0.05, 0) is 36.8 Å². The maximum Gasteiger partial charge on any atom is 0.318 e. The molecule has 1 aliphatic heterocycles. The minimum Gasteiger partial charge on any atom is -0.381 e. The van der Waals surface area contributed by atoms with E-state index in [1.807, 2.05) is 60.7 Å². The van der Waals surface area contributed by atoms with Crippen molar-refractivity contribution in [3.05, 3.63) is 71.8 Å². The topological polar surface area (TPSA) is 102 Å². The van der Waals surface area contributed by atoms with Crippen LogP contribution in [0.5, 0.6) is 0 Å². The number of nitrogens with one attached hydrogen (secondary N) is 2. The maximum atomic E-state index is 13.8. The number of benzene rings is 2. The Morgan fingerprint density at radius 2 is 1.55 bits per heavy atom. The van der Waals surface area contributed by atoms with Crippen LogP contribution in [0.3, 0.4) is 0 Å². The largest absolute Gasteiger partial charge is 0.381 e. The second kappa shape index (κ2) is 13.4. The summed E-state index contributed by atoms with van der Waals surface area (Å²) in [5.74, 6) is -0.685. The molecule has 3 N–H and O–H groups in total. The van der Waals surface area contributed by atoms with Gasteiger partial charge in [0.05, 0.1) is 6.04 Å². The number of nitrogens with zero attached hydrogens (tertiary/aromatic N) is 2. The van der Waals surface area contributed by atoms with Crippen molar-refractivity contribution in [2.24, 2.45) is 0 Å². The fourth-order valence-corrected chi connectivity index (χ4v) is 5.54. The van der Waals surface area contributed by atoms with Crippen molar-refractivity contribution in [3.8, 4) is 0 Å². The Balaban J connectivity index is 1.45. The Morgan fingerprint density at radius 1 is 0.921 bits per heavy atom. The van der Waals surface area contributed by atoms with Crippen LogP contribution in [-0.2, 0) is 22.6 Å². The lowest BCUT2D eigenvalue weighted by atomic mass is 9.95. The zero-order valence-electron chi connectivity index (χ0n) is 22.2. The Hall–Kier alpha value is -3.39. The van der Waals surface area contributed by atoms with Crippen LogP contribution in [0.2, 0.25) is 0 Å². The van der Waals surface area contributed by atoms with Gasteiger partial charge in [0.15, 0.2) is 6.10 Å². The molecule has 3 atom stereocenters. The van der Waals surface area contributed by atoms with Crippen LogP contribution >= 0.6 is 0 Å². The first-order chi connectivity index (χ1) is 18.4. The first kappa shape index (κ1) is 27.6. The molecule has 2 unspecified atom stereocenters. The van der Waals surface area contributed by atoms with Crippen molar-refractivity contribution in [2.75, 3.05) is 13.6 Å². The van der Waals surface area contributed by atoms with E-state index in [0.29, 0.717) is 32.4 Å². The third-order valence-corrected chi connectivity index (χ3v) is 7.65. The fraction of sp³-hybridized carbons (Fsp3) is 0.500. The number of likely N-dealkylation sites (tertiary alicyclic amines) is 1. The number of amides is 4. The van der Waals surface area contributed by atoms with E-state index in [2.05, 4.69) is 10.6 Å². The normalized spacial score (nSPS) is 19.4. The van der Waals surface area contributed by atoms with Gasteiger partial charge in [0.2, 0.25) is 5.91 Å². The molecule has 0 radical (unpaired) electrons. The van der Waals surface area contributed by atoms with Gasteiger partial charge in [-0.3, -0.25) is 9.59 Å². The molecule has 0 bridgehead atoms. The molecule has 1 saturated heterocycles. The second-order valence-electron chi connectivity index (χ2n) is 10.6. The van der Waals surface area contributed by atoms with Gasteiger partial charge in [-0.15, -0.1) is 0 Å². The van der Waals surface area contributed by atoms with Gasteiger partial charge in [-0.2, -0.15) is 0 Å². The molecule has 4 amide bonds. The number of rotatable bonds is 9. The van der Waals surface area contributed by atoms with Gasteiger partial charge in [0, 0.05) is 32.6 Å². The molecule has 2 fully saturated rings. The molecular weight excluding hydrogens is 480 g/mol. The van der Waals surface area contributed by atoms with Crippen molar-refractivity contribution in [3.63, 3.8) is 0 Å². The Kier molecular flexibility index (Phi) is 9.76. The van der Waals surface area contributed by atoms with E-state index in [0.717, 1.165) is 36.8 Å². The van der Waals surface area contributed by atoms with Crippen molar-refractivity contribution >= 4 is 17.8 Å². The van der Waals surface area contributed by atoms with Crippen LogP contribution in [0.15, 0.2) is 60.7 Å². The molecule has 1 saturated carbocycles. The lowest BCUT2D eigenvalue weighted by molar-refractivity contribution is -0.141. The highest BCUT2D eigenvalue weighted by Gasteiger charge is 2.40. The molecule has 1 aliphatic carbocycles. The predicted molar refractivity (Wildman–Crippen MR) is 146 cm³/mol. The first-order valence-corrected chi connectivity index (χ1v) is 13.8. The van der Waals surface area contributed by atoms with Crippen LogP contribution in [-0.4, -0.2) is 70.6 Å². The molecule has 38 heavy (non-hydrogen) atoms. The molecule has 0 aromatic heterocycles. The average molecular weight is 521 g/mol. The van der Waals surface area contributed by atoms with E-state index in [-0.39, 0.29) is 18.0 Å². The highest BCUT2D eigenvalue weighted by molar-refractivity contribution is 5.89. The summed E-state index contributed by atoms with van der Waals surface area (Å²) in [6, 6.07) is 17.5. The predicted octanol–water partition coefficient (Wildman–Crippen LogP) is 3.24. The van der Waals surface area contributed by atoms with Gasteiger partial charge >= 0.3 is 6.03 Å². The standard InChI is InChI=1S/C30H40N4O4/c1-33(21-23-14-7-3-8-15-23)30(38)32-25(20-22-12-5-2-6-13-22)29(37)34-19-11-18-26(34)27(35)28(36)31-24-16-9-4-10-17-24/h2-3,5-8,12-15,24-27,35H,4,9-11,16-21H2,1H3,(H,31,36)(H,32,38)/t25-,26?,27?/m0/s1. The number of hydrogen-bond acceptors (Lipinski definition) is 4. The highest BCUT2D eigenvalue weighted by Crippen LogP contribution is 2.24. The summed E-state index contributed by atoms with van der Waals surface area (Å²) < 4.78 is 0. The molecule has 2 aromatic carbocycles. The molecule has 2 aromatic rings. The summed E-state index contributed by atoms with van der Waals surface area (Å²) in [5, 5.41) is 16.9. The van der Waals surface area contributed by atoms with E-state index >= 15 is 0 Å². The smallest absolute Gasteiger partial charge is 0.318 e. The van der Waals surface area contributed by atoms with Gasteiger partial charge in [-0.25, -0.2) is 4.79 Å². The van der Waals surface area contributed by atoms with Crippen LogP contribution in [0, 0.1) is 0 Å².